The standard InChI is InChI=1S/C26H26N2O4S/c1-18-8-11-20(12-9-18)33(29,30)28-23-7-5-4-6-21(23)26-14-15-27(2)17-25(26,28)22-13-10-19(31-3)16-24(22)32-26/h4-13,16H,14-15,17H2,1-3H3/t25-,26-/m1/s1. The van der Waals surface area contributed by atoms with E-state index < -0.39 is 21.2 Å². The number of benzene rings is 3. The van der Waals surface area contributed by atoms with E-state index in [9.17, 15) is 8.42 Å². The highest BCUT2D eigenvalue weighted by Crippen LogP contribution is 2.67. The monoisotopic (exact) mass is 462 g/mol. The third-order valence-corrected chi connectivity index (χ3v) is 9.25. The van der Waals surface area contributed by atoms with Crippen LogP contribution < -0.4 is 13.8 Å². The minimum atomic E-state index is -3.89. The van der Waals surface area contributed by atoms with Crippen LogP contribution in [-0.4, -0.2) is 40.6 Å². The molecule has 3 aliphatic rings. The largest absolute Gasteiger partial charge is 0.497 e. The van der Waals surface area contributed by atoms with Gasteiger partial charge in [0.2, 0.25) is 0 Å². The van der Waals surface area contributed by atoms with Gasteiger partial charge in [-0.25, -0.2) is 12.7 Å². The van der Waals surface area contributed by atoms with Crippen LogP contribution in [0.1, 0.15) is 23.1 Å². The number of ether oxygens (including phenoxy) is 2. The van der Waals surface area contributed by atoms with Crippen LogP contribution in [0, 0.1) is 6.92 Å². The van der Waals surface area contributed by atoms with E-state index in [0.717, 1.165) is 23.2 Å². The normalized spacial score (nSPS) is 25.6. The molecule has 0 radical (unpaired) electrons. The van der Waals surface area contributed by atoms with Gasteiger partial charge in [0.1, 0.15) is 17.0 Å². The number of hydrogen-bond acceptors (Lipinski definition) is 5. The van der Waals surface area contributed by atoms with Crippen molar-refractivity contribution in [2.24, 2.45) is 0 Å². The molecular formula is C26H26N2O4S. The lowest BCUT2D eigenvalue weighted by atomic mass is 9.71. The molecule has 0 N–H and O–H groups in total. The number of aryl methyl sites for hydroxylation is 1. The Morgan fingerprint density at radius 2 is 1.76 bits per heavy atom. The summed E-state index contributed by atoms with van der Waals surface area (Å²) in [6, 6.07) is 20.6. The Hall–Kier alpha value is -3.03. The van der Waals surface area contributed by atoms with Gasteiger partial charge in [0.05, 0.1) is 17.7 Å². The number of rotatable bonds is 3. The maximum absolute atomic E-state index is 14.4. The number of piperidine rings is 1. The lowest BCUT2D eigenvalue weighted by molar-refractivity contribution is -0.0311. The second-order valence-electron chi connectivity index (χ2n) is 9.24. The minimum Gasteiger partial charge on any atom is -0.497 e. The topological polar surface area (TPSA) is 59.1 Å². The zero-order chi connectivity index (χ0) is 23.0. The molecule has 3 aliphatic heterocycles. The fraction of sp³-hybridized carbons (Fsp3) is 0.308. The molecule has 0 aromatic heterocycles. The van der Waals surface area contributed by atoms with Gasteiger partial charge >= 0.3 is 0 Å². The molecule has 0 aliphatic carbocycles. The van der Waals surface area contributed by atoms with Gasteiger partial charge in [0, 0.05) is 36.7 Å². The predicted molar refractivity (Wildman–Crippen MR) is 126 cm³/mol. The molecule has 1 fully saturated rings. The molecular weight excluding hydrogens is 436 g/mol. The summed E-state index contributed by atoms with van der Waals surface area (Å²) in [5.41, 5.74) is 1.78. The van der Waals surface area contributed by atoms with Gasteiger partial charge in [-0.05, 0) is 44.3 Å². The van der Waals surface area contributed by atoms with Gasteiger partial charge in [-0.2, -0.15) is 0 Å². The highest BCUT2D eigenvalue weighted by Gasteiger charge is 2.73. The molecule has 0 spiro atoms. The first-order chi connectivity index (χ1) is 15.8. The number of hydrogen-bond donors (Lipinski definition) is 0. The fourth-order valence-electron chi connectivity index (χ4n) is 5.93. The molecule has 7 heteroatoms. The van der Waals surface area contributed by atoms with Crippen LogP contribution in [0.3, 0.4) is 0 Å². The summed E-state index contributed by atoms with van der Waals surface area (Å²) in [5.74, 6) is 1.37. The molecule has 6 nitrogen and oxygen atoms in total. The lowest BCUT2D eigenvalue weighted by Crippen LogP contribution is -2.64. The molecule has 6 rings (SSSR count). The van der Waals surface area contributed by atoms with Gasteiger partial charge in [-0.3, -0.25) is 0 Å². The third-order valence-electron chi connectivity index (χ3n) is 7.39. The number of para-hydroxylation sites is 1. The van der Waals surface area contributed by atoms with Crippen molar-refractivity contribution in [1.29, 1.82) is 0 Å². The van der Waals surface area contributed by atoms with Crippen molar-refractivity contribution in [2.75, 3.05) is 31.6 Å². The average Bonchev–Trinajstić information content (AvgIpc) is 3.23. The summed E-state index contributed by atoms with van der Waals surface area (Å²) in [4.78, 5) is 2.48. The lowest BCUT2D eigenvalue weighted by Gasteiger charge is -2.49. The summed E-state index contributed by atoms with van der Waals surface area (Å²) >= 11 is 0. The van der Waals surface area contributed by atoms with Crippen LogP contribution in [0.15, 0.2) is 71.6 Å². The van der Waals surface area contributed by atoms with E-state index >= 15 is 0 Å². The molecule has 170 valence electrons. The second-order valence-corrected chi connectivity index (χ2v) is 11.0. The van der Waals surface area contributed by atoms with Crippen LogP contribution in [0.4, 0.5) is 5.69 Å². The molecule has 0 amide bonds. The predicted octanol–water partition coefficient (Wildman–Crippen LogP) is 4.03. The number of methoxy groups -OCH3 is 1. The van der Waals surface area contributed by atoms with Crippen molar-refractivity contribution in [3.8, 4) is 11.5 Å². The zero-order valence-corrected chi connectivity index (χ0v) is 19.7. The van der Waals surface area contributed by atoms with Crippen molar-refractivity contribution >= 4 is 15.7 Å². The summed E-state index contributed by atoms with van der Waals surface area (Å²) < 4.78 is 42.6. The summed E-state index contributed by atoms with van der Waals surface area (Å²) in [6.45, 7) is 3.28. The number of likely N-dealkylation sites (tertiary alicyclic amines) is 1. The third kappa shape index (κ3) is 2.49. The van der Waals surface area contributed by atoms with Crippen molar-refractivity contribution in [3.05, 3.63) is 83.4 Å². The molecule has 1 saturated heterocycles. The Bertz CT molecular complexity index is 1370. The Morgan fingerprint density at radius 3 is 2.52 bits per heavy atom. The first-order valence-electron chi connectivity index (χ1n) is 11.1. The first kappa shape index (κ1) is 20.6. The van der Waals surface area contributed by atoms with Gasteiger partial charge in [-0.15, -0.1) is 0 Å². The van der Waals surface area contributed by atoms with E-state index in [4.69, 9.17) is 9.47 Å². The SMILES string of the molecule is COc1ccc2c(c1)O[C@@]13CCN(C)C[C@@]21N(S(=O)(=O)c1ccc(C)cc1)c1ccccc13. The first-order valence-corrected chi connectivity index (χ1v) is 12.6. The fourth-order valence-corrected chi connectivity index (χ4v) is 7.76. The van der Waals surface area contributed by atoms with E-state index in [-0.39, 0.29) is 4.90 Å². The van der Waals surface area contributed by atoms with Crippen molar-refractivity contribution < 1.29 is 17.9 Å². The van der Waals surface area contributed by atoms with Crippen LogP contribution in [0.2, 0.25) is 0 Å². The molecule has 3 aromatic rings. The molecule has 33 heavy (non-hydrogen) atoms. The number of anilines is 1. The molecule has 2 atom stereocenters. The van der Waals surface area contributed by atoms with Crippen molar-refractivity contribution in [3.63, 3.8) is 0 Å². The van der Waals surface area contributed by atoms with Crippen LogP contribution >= 0.6 is 0 Å². The van der Waals surface area contributed by atoms with E-state index in [1.165, 1.54) is 0 Å². The smallest absolute Gasteiger partial charge is 0.265 e. The molecule has 0 saturated carbocycles. The maximum Gasteiger partial charge on any atom is 0.265 e. The van der Waals surface area contributed by atoms with Gasteiger partial charge in [0.15, 0.2) is 5.60 Å². The van der Waals surface area contributed by atoms with E-state index in [1.807, 2.05) is 68.6 Å². The molecule has 3 heterocycles. The van der Waals surface area contributed by atoms with Crippen LogP contribution in [-0.2, 0) is 21.2 Å². The van der Waals surface area contributed by atoms with Crippen LogP contribution in [0.5, 0.6) is 11.5 Å². The van der Waals surface area contributed by atoms with Gasteiger partial charge in [0.25, 0.3) is 10.0 Å². The van der Waals surface area contributed by atoms with Gasteiger partial charge in [-0.1, -0.05) is 35.9 Å². The number of nitrogens with zero attached hydrogens (tertiary/aromatic N) is 2. The highest BCUT2D eigenvalue weighted by molar-refractivity contribution is 7.93. The maximum atomic E-state index is 14.4. The summed E-state index contributed by atoms with van der Waals surface area (Å²) in [6.07, 6.45) is 0.678. The highest BCUT2D eigenvalue weighted by atomic mass is 32.2. The summed E-state index contributed by atoms with van der Waals surface area (Å²) in [5, 5.41) is 0. The van der Waals surface area contributed by atoms with Crippen molar-refractivity contribution in [1.82, 2.24) is 4.90 Å². The second kappa shape index (κ2) is 6.74. The Morgan fingerprint density at radius 1 is 1.00 bits per heavy atom. The molecule has 0 unspecified atom stereocenters. The zero-order valence-electron chi connectivity index (χ0n) is 18.9. The number of likely N-dealkylation sites (N-methyl/N-ethyl adjacent to an activating group) is 1. The Balaban J connectivity index is 1.68. The molecule has 3 aromatic carbocycles. The van der Waals surface area contributed by atoms with E-state index in [2.05, 4.69) is 4.90 Å². The molecule has 0 bridgehead atoms. The number of fused-ring (bicyclic) bond motifs is 2. The minimum absolute atomic E-state index is 0.281. The Labute approximate surface area is 194 Å². The Kier molecular flexibility index (Phi) is 4.20. The van der Waals surface area contributed by atoms with Crippen molar-refractivity contribution in [2.45, 2.75) is 29.4 Å². The quantitative estimate of drug-likeness (QED) is 0.588. The average molecular weight is 463 g/mol. The van der Waals surface area contributed by atoms with E-state index in [0.29, 0.717) is 30.2 Å². The van der Waals surface area contributed by atoms with E-state index in [1.54, 1.807) is 23.5 Å². The number of sulfonamides is 1. The summed E-state index contributed by atoms with van der Waals surface area (Å²) in [7, 11) is -0.229. The van der Waals surface area contributed by atoms with Gasteiger partial charge < -0.3 is 14.4 Å². The van der Waals surface area contributed by atoms with Crippen LogP contribution in [0.25, 0.3) is 0 Å².